The summed E-state index contributed by atoms with van der Waals surface area (Å²) in [6.07, 6.45) is 4.96. The van der Waals surface area contributed by atoms with Crippen molar-refractivity contribution in [1.29, 1.82) is 0 Å². The Kier molecular flexibility index (Phi) is 4.86. The molecule has 5 rings (SSSR count). The van der Waals surface area contributed by atoms with E-state index in [1.54, 1.807) is 0 Å². The summed E-state index contributed by atoms with van der Waals surface area (Å²) in [5, 5.41) is 19.0. The van der Waals surface area contributed by atoms with Crippen LogP contribution in [0.4, 0.5) is 15.9 Å². The second kappa shape index (κ2) is 7.38. The quantitative estimate of drug-likeness (QED) is 0.550. The molecular formula is C21H26FN7O2S. The summed E-state index contributed by atoms with van der Waals surface area (Å²) >= 11 is 0. The normalized spacial score (nSPS) is 22.2. The van der Waals surface area contributed by atoms with Gasteiger partial charge in [0.05, 0.1) is 22.3 Å². The Hall–Kier alpha value is -2.79. The fourth-order valence-electron chi connectivity index (χ4n) is 4.39. The highest BCUT2D eigenvalue weighted by atomic mass is 32.2. The minimum Gasteiger partial charge on any atom is -0.336 e. The highest BCUT2D eigenvalue weighted by molar-refractivity contribution is 7.89. The van der Waals surface area contributed by atoms with Crippen LogP contribution >= 0.6 is 0 Å². The van der Waals surface area contributed by atoms with Crippen LogP contribution in [0, 0.1) is 5.82 Å². The summed E-state index contributed by atoms with van der Waals surface area (Å²) in [5.41, 5.74) is 2.27. The maximum Gasteiger partial charge on any atom is 0.241 e. The number of aromatic amines is 1. The number of aromatic nitrogens is 5. The molecule has 0 amide bonds. The summed E-state index contributed by atoms with van der Waals surface area (Å²) < 4.78 is 42.9. The van der Waals surface area contributed by atoms with Crippen LogP contribution in [0.25, 0.3) is 0 Å². The number of halogens is 1. The van der Waals surface area contributed by atoms with Gasteiger partial charge in [-0.3, -0.25) is 5.10 Å². The van der Waals surface area contributed by atoms with Crippen LogP contribution in [0.5, 0.6) is 0 Å². The number of H-pyrrole nitrogens is 1. The van der Waals surface area contributed by atoms with Crippen molar-refractivity contribution in [2.75, 3.05) is 5.32 Å². The van der Waals surface area contributed by atoms with Gasteiger partial charge in [-0.2, -0.15) is 5.10 Å². The first-order valence-electron chi connectivity index (χ1n) is 10.7. The largest absolute Gasteiger partial charge is 0.336 e. The van der Waals surface area contributed by atoms with Gasteiger partial charge in [-0.05, 0) is 31.4 Å². The molecule has 0 unspecified atom stereocenters. The molecule has 1 aliphatic heterocycles. The zero-order valence-corrected chi connectivity index (χ0v) is 19.0. The summed E-state index contributed by atoms with van der Waals surface area (Å²) in [5.74, 6) is 0.207. The molecule has 1 saturated carbocycles. The third-order valence-electron chi connectivity index (χ3n) is 6.29. The van der Waals surface area contributed by atoms with Gasteiger partial charge >= 0.3 is 0 Å². The van der Waals surface area contributed by atoms with Gasteiger partial charge in [0.2, 0.25) is 10.0 Å². The molecule has 2 aliphatic rings. The van der Waals surface area contributed by atoms with Crippen molar-refractivity contribution in [1.82, 2.24) is 29.9 Å². The van der Waals surface area contributed by atoms with Gasteiger partial charge in [-0.25, -0.2) is 22.2 Å². The van der Waals surface area contributed by atoms with Crippen LogP contribution < -0.4 is 10.0 Å². The summed E-state index contributed by atoms with van der Waals surface area (Å²) in [7, 11) is -3.61. The van der Waals surface area contributed by atoms with E-state index in [1.807, 2.05) is 16.9 Å². The minimum atomic E-state index is -3.61. The van der Waals surface area contributed by atoms with Crippen LogP contribution in [-0.4, -0.2) is 33.6 Å². The lowest BCUT2D eigenvalue weighted by Gasteiger charge is -2.14. The van der Waals surface area contributed by atoms with Crippen molar-refractivity contribution in [2.45, 2.75) is 68.8 Å². The van der Waals surface area contributed by atoms with Crippen molar-refractivity contribution in [2.24, 2.45) is 0 Å². The van der Waals surface area contributed by atoms with Crippen molar-refractivity contribution in [3.8, 4) is 0 Å². The van der Waals surface area contributed by atoms with Crippen molar-refractivity contribution >= 4 is 21.5 Å². The molecule has 170 valence electrons. The zero-order chi connectivity index (χ0) is 22.7. The van der Waals surface area contributed by atoms with E-state index < -0.39 is 15.8 Å². The van der Waals surface area contributed by atoms with E-state index in [0.717, 1.165) is 30.7 Å². The smallest absolute Gasteiger partial charge is 0.241 e. The number of rotatable bonds is 4. The average molecular weight is 460 g/mol. The SMILES string of the molecule is CC(C)(C)c1cn([C@@H]2CC[C@H](c3cc(Nc4ccc5c(c4F)CNS5(=O)=O)n[nH]3)C2)nn1. The molecule has 1 fully saturated rings. The number of nitrogens with zero attached hydrogens (tertiary/aromatic N) is 4. The maximum atomic E-state index is 14.8. The number of sulfonamides is 1. The van der Waals surface area contributed by atoms with Crippen molar-refractivity contribution in [3.05, 3.63) is 47.2 Å². The molecule has 0 bridgehead atoms. The lowest BCUT2D eigenvalue weighted by Crippen LogP contribution is -2.13. The number of fused-ring (bicyclic) bond motifs is 1. The molecule has 0 radical (unpaired) electrons. The number of nitrogens with one attached hydrogen (secondary N) is 3. The van der Waals surface area contributed by atoms with E-state index in [2.05, 4.69) is 51.3 Å². The van der Waals surface area contributed by atoms with Crippen molar-refractivity contribution in [3.63, 3.8) is 0 Å². The maximum absolute atomic E-state index is 14.8. The van der Waals surface area contributed by atoms with Crippen LogP contribution in [-0.2, 0) is 22.0 Å². The van der Waals surface area contributed by atoms with Gasteiger partial charge in [-0.1, -0.05) is 26.0 Å². The molecule has 9 nitrogen and oxygen atoms in total. The fraction of sp³-hybridized carbons (Fsp3) is 0.476. The van der Waals surface area contributed by atoms with Gasteiger partial charge in [0.25, 0.3) is 0 Å². The Balaban J connectivity index is 1.29. The Labute approximate surface area is 185 Å². The predicted molar refractivity (Wildman–Crippen MR) is 117 cm³/mol. The molecule has 3 heterocycles. The number of anilines is 2. The minimum absolute atomic E-state index is 0.0111. The molecule has 2 atom stereocenters. The fourth-order valence-corrected chi connectivity index (χ4v) is 5.61. The average Bonchev–Trinajstić information content (AvgIpc) is 3.49. The zero-order valence-electron chi connectivity index (χ0n) is 18.2. The lowest BCUT2D eigenvalue weighted by molar-refractivity contribution is 0.447. The van der Waals surface area contributed by atoms with E-state index in [-0.39, 0.29) is 34.1 Å². The molecule has 1 aliphatic carbocycles. The summed E-state index contributed by atoms with van der Waals surface area (Å²) in [4.78, 5) is -0.0111. The Morgan fingerprint density at radius 2 is 2.06 bits per heavy atom. The van der Waals surface area contributed by atoms with Crippen LogP contribution in [0.15, 0.2) is 29.3 Å². The van der Waals surface area contributed by atoms with E-state index in [9.17, 15) is 12.8 Å². The molecule has 2 aromatic heterocycles. The van der Waals surface area contributed by atoms with E-state index in [1.165, 1.54) is 12.1 Å². The van der Waals surface area contributed by atoms with Crippen LogP contribution in [0.2, 0.25) is 0 Å². The molecular weight excluding hydrogens is 433 g/mol. The molecule has 11 heteroatoms. The van der Waals surface area contributed by atoms with Gasteiger partial charge in [0.15, 0.2) is 11.6 Å². The van der Waals surface area contributed by atoms with Crippen LogP contribution in [0.3, 0.4) is 0 Å². The first kappa shape index (κ1) is 21.1. The second-order valence-corrected chi connectivity index (χ2v) is 11.3. The third-order valence-corrected chi connectivity index (χ3v) is 7.77. The van der Waals surface area contributed by atoms with Gasteiger partial charge in [-0.15, -0.1) is 5.10 Å². The molecule has 1 aromatic carbocycles. The number of hydrogen-bond donors (Lipinski definition) is 3. The monoisotopic (exact) mass is 459 g/mol. The highest BCUT2D eigenvalue weighted by Crippen LogP contribution is 2.41. The third kappa shape index (κ3) is 3.69. The van der Waals surface area contributed by atoms with E-state index >= 15 is 0 Å². The second-order valence-electron chi connectivity index (χ2n) is 9.56. The summed E-state index contributed by atoms with van der Waals surface area (Å²) in [6, 6.07) is 5.01. The Morgan fingerprint density at radius 1 is 1.25 bits per heavy atom. The van der Waals surface area contributed by atoms with E-state index in [0.29, 0.717) is 11.7 Å². The number of benzene rings is 1. The number of hydrogen-bond acceptors (Lipinski definition) is 6. The topological polar surface area (TPSA) is 118 Å². The van der Waals surface area contributed by atoms with E-state index in [4.69, 9.17) is 0 Å². The lowest BCUT2D eigenvalue weighted by atomic mass is 9.93. The molecule has 0 saturated heterocycles. The van der Waals surface area contributed by atoms with Gasteiger partial charge in [0.1, 0.15) is 0 Å². The predicted octanol–water partition coefficient (Wildman–Crippen LogP) is 3.48. The standard InChI is InChI=1S/C21H26FN7O2S/c1-21(2,3)18-11-29(28-26-18)13-5-4-12(8-13)16-9-19(27-25-16)24-15-6-7-17-14(20(15)22)10-23-32(17,30)31/h6-7,9,11-13,23H,4-5,8,10H2,1-3H3,(H2,24,25,27)/t12-,13+/m0/s1. The molecule has 3 aromatic rings. The van der Waals surface area contributed by atoms with Crippen molar-refractivity contribution < 1.29 is 12.8 Å². The Morgan fingerprint density at radius 3 is 2.81 bits per heavy atom. The molecule has 32 heavy (non-hydrogen) atoms. The van der Waals surface area contributed by atoms with Gasteiger partial charge in [0, 0.05) is 41.4 Å². The first-order chi connectivity index (χ1) is 15.1. The highest BCUT2D eigenvalue weighted by Gasteiger charge is 2.31. The van der Waals surface area contributed by atoms with Gasteiger partial charge < -0.3 is 5.32 Å². The van der Waals surface area contributed by atoms with Crippen LogP contribution in [0.1, 0.15) is 68.9 Å². The Bertz CT molecular complexity index is 1280. The molecule has 3 N–H and O–H groups in total. The first-order valence-corrected chi connectivity index (χ1v) is 12.2. The molecule has 0 spiro atoms. The summed E-state index contributed by atoms with van der Waals surface area (Å²) in [6.45, 7) is 6.32.